The van der Waals surface area contributed by atoms with Gasteiger partial charge in [0.1, 0.15) is 0 Å². The smallest absolute Gasteiger partial charge is 0.261 e. The Labute approximate surface area is 144 Å². The van der Waals surface area contributed by atoms with Gasteiger partial charge in [0.05, 0.1) is 19.2 Å². The molecule has 4 heteroatoms. The molecule has 2 aromatic carbocycles. The van der Waals surface area contributed by atoms with Crippen molar-refractivity contribution in [3.63, 3.8) is 0 Å². The van der Waals surface area contributed by atoms with E-state index in [1.807, 2.05) is 25.1 Å². The number of hydrogen-bond donors (Lipinski definition) is 0. The molecule has 0 radical (unpaired) electrons. The Morgan fingerprint density at radius 2 is 1.38 bits per heavy atom. The van der Waals surface area contributed by atoms with Crippen molar-refractivity contribution >= 4 is 19.9 Å². The number of benzene rings is 2. The van der Waals surface area contributed by atoms with E-state index in [1.165, 1.54) is 10.5 Å². The summed E-state index contributed by atoms with van der Waals surface area (Å²) in [4.78, 5) is 26.9. The molecule has 0 aliphatic carbocycles. The molecule has 2 amide bonds. The van der Waals surface area contributed by atoms with Crippen molar-refractivity contribution in [3.8, 4) is 0 Å². The van der Waals surface area contributed by atoms with Crippen LogP contribution in [-0.2, 0) is 6.42 Å². The lowest BCUT2D eigenvalue weighted by atomic mass is 10.1. The number of fused-ring (bicyclic) bond motifs is 1. The predicted octanol–water partition coefficient (Wildman–Crippen LogP) is 4.16. The molecule has 1 aliphatic rings. The third-order valence-electron chi connectivity index (χ3n) is 5.24. The van der Waals surface area contributed by atoms with Gasteiger partial charge < -0.3 is 0 Å². The lowest BCUT2D eigenvalue weighted by molar-refractivity contribution is 0.0635. The molecule has 1 atom stereocenters. The van der Waals surface area contributed by atoms with Crippen molar-refractivity contribution < 1.29 is 9.59 Å². The van der Waals surface area contributed by atoms with E-state index in [-0.39, 0.29) is 17.5 Å². The van der Waals surface area contributed by atoms with Crippen LogP contribution in [0.3, 0.4) is 0 Å². The quantitative estimate of drug-likeness (QED) is 0.607. The maximum absolute atomic E-state index is 12.7. The number of rotatable bonds is 5. The minimum Gasteiger partial charge on any atom is -0.275 e. The van der Waals surface area contributed by atoms with Crippen LogP contribution in [0.1, 0.15) is 33.2 Å². The molecule has 124 valence electrons. The first-order valence-corrected chi connectivity index (χ1v) is 11.7. The first-order valence-electron chi connectivity index (χ1n) is 8.42. The Kier molecular flexibility index (Phi) is 4.41. The maximum atomic E-state index is 12.7. The van der Waals surface area contributed by atoms with Crippen LogP contribution in [0.25, 0.3) is 0 Å². The lowest BCUT2D eigenvalue weighted by Gasteiger charge is -2.35. The number of hydrogen-bond acceptors (Lipinski definition) is 2. The van der Waals surface area contributed by atoms with Crippen LogP contribution in [0.15, 0.2) is 54.6 Å². The van der Waals surface area contributed by atoms with Gasteiger partial charge in [-0.3, -0.25) is 14.5 Å². The summed E-state index contributed by atoms with van der Waals surface area (Å²) in [6, 6.07) is 18.6. The molecule has 0 N–H and O–H groups in total. The van der Waals surface area contributed by atoms with Gasteiger partial charge in [0.25, 0.3) is 11.8 Å². The average Bonchev–Trinajstić information content (AvgIpc) is 2.85. The zero-order valence-corrected chi connectivity index (χ0v) is 15.5. The SMILES string of the molecule is CC(N1C(=O)c2ccccc2C1=O)[Si](C)(C)CCc1ccccc1. The van der Waals surface area contributed by atoms with E-state index >= 15 is 0 Å². The number of aryl methyl sites for hydroxylation is 1. The Bertz CT molecular complexity index is 735. The van der Waals surface area contributed by atoms with E-state index in [4.69, 9.17) is 0 Å². The van der Waals surface area contributed by atoms with Crippen molar-refractivity contribution in [3.05, 3.63) is 71.3 Å². The molecule has 1 unspecified atom stereocenters. The minimum atomic E-state index is -1.79. The fourth-order valence-electron chi connectivity index (χ4n) is 3.23. The number of nitrogens with zero attached hydrogens (tertiary/aromatic N) is 1. The van der Waals surface area contributed by atoms with E-state index in [0.29, 0.717) is 11.1 Å². The summed E-state index contributed by atoms with van der Waals surface area (Å²) in [7, 11) is -1.79. The van der Waals surface area contributed by atoms with Crippen molar-refractivity contribution in [1.82, 2.24) is 4.90 Å². The molecule has 0 aromatic heterocycles. The Hall–Kier alpha value is -2.20. The highest BCUT2D eigenvalue weighted by atomic mass is 28.3. The van der Waals surface area contributed by atoms with Gasteiger partial charge in [0.15, 0.2) is 0 Å². The first kappa shape index (κ1) is 16.6. The summed E-state index contributed by atoms with van der Waals surface area (Å²) < 4.78 is 0. The topological polar surface area (TPSA) is 37.4 Å². The fraction of sp³-hybridized carbons (Fsp3) is 0.300. The predicted molar refractivity (Wildman–Crippen MR) is 98.8 cm³/mol. The third kappa shape index (κ3) is 2.94. The van der Waals surface area contributed by atoms with Gasteiger partial charge in [-0.25, -0.2) is 0 Å². The molecule has 0 saturated carbocycles. The van der Waals surface area contributed by atoms with Gasteiger partial charge in [-0.1, -0.05) is 61.6 Å². The monoisotopic (exact) mass is 337 g/mol. The Morgan fingerprint density at radius 1 is 0.875 bits per heavy atom. The van der Waals surface area contributed by atoms with E-state index in [0.717, 1.165) is 12.5 Å². The zero-order valence-electron chi connectivity index (χ0n) is 14.5. The van der Waals surface area contributed by atoms with Gasteiger partial charge in [-0.2, -0.15) is 0 Å². The number of amides is 2. The van der Waals surface area contributed by atoms with Crippen molar-refractivity contribution in [2.24, 2.45) is 0 Å². The highest BCUT2D eigenvalue weighted by Crippen LogP contribution is 2.30. The fourth-order valence-corrected chi connectivity index (χ4v) is 5.51. The van der Waals surface area contributed by atoms with Gasteiger partial charge in [-0.05, 0) is 31.0 Å². The molecule has 3 nitrogen and oxygen atoms in total. The summed E-state index contributed by atoms with van der Waals surface area (Å²) in [5.74, 6) is -0.272. The standard InChI is InChI=1S/C20H23NO2Si/c1-15(24(2,3)14-13-16-9-5-4-6-10-16)21-19(22)17-11-7-8-12-18(17)20(21)23/h4-12,15H,13-14H2,1-3H3. The van der Waals surface area contributed by atoms with Crippen LogP contribution >= 0.6 is 0 Å². The van der Waals surface area contributed by atoms with E-state index < -0.39 is 8.07 Å². The van der Waals surface area contributed by atoms with E-state index in [1.54, 1.807) is 12.1 Å². The Balaban J connectivity index is 1.77. The third-order valence-corrected chi connectivity index (χ3v) is 9.30. The van der Waals surface area contributed by atoms with E-state index in [2.05, 4.69) is 37.4 Å². The molecule has 0 fully saturated rings. The molecule has 0 bridgehead atoms. The van der Waals surface area contributed by atoms with Crippen LogP contribution in [-0.4, -0.2) is 30.5 Å². The highest BCUT2D eigenvalue weighted by Gasteiger charge is 2.43. The minimum absolute atomic E-state index is 0.0198. The summed E-state index contributed by atoms with van der Waals surface area (Å²) in [5, 5.41) is 0. The van der Waals surface area contributed by atoms with Gasteiger partial charge in [0.2, 0.25) is 0 Å². The van der Waals surface area contributed by atoms with Crippen molar-refractivity contribution in [1.29, 1.82) is 0 Å². The molecule has 0 saturated heterocycles. The molecule has 1 aliphatic heterocycles. The van der Waals surface area contributed by atoms with Crippen molar-refractivity contribution in [2.45, 2.75) is 38.1 Å². The van der Waals surface area contributed by atoms with Gasteiger partial charge in [0, 0.05) is 5.67 Å². The first-order chi connectivity index (χ1) is 11.4. The molecule has 3 rings (SSSR count). The molecule has 0 spiro atoms. The summed E-state index contributed by atoms with van der Waals surface area (Å²) >= 11 is 0. The number of carbonyl (C=O) groups is 2. The molecular formula is C20H23NO2Si. The van der Waals surface area contributed by atoms with Crippen LogP contribution < -0.4 is 0 Å². The highest BCUT2D eigenvalue weighted by molar-refractivity contribution is 6.79. The van der Waals surface area contributed by atoms with Crippen LogP contribution in [0.4, 0.5) is 0 Å². The van der Waals surface area contributed by atoms with Gasteiger partial charge >= 0.3 is 0 Å². The molecule has 1 heterocycles. The van der Waals surface area contributed by atoms with Crippen LogP contribution in [0.5, 0.6) is 0 Å². The summed E-state index contributed by atoms with van der Waals surface area (Å²) in [6.45, 7) is 6.58. The largest absolute Gasteiger partial charge is 0.275 e. The molecule has 2 aromatic rings. The van der Waals surface area contributed by atoms with Crippen LogP contribution in [0.2, 0.25) is 19.1 Å². The molecular weight excluding hydrogens is 314 g/mol. The van der Waals surface area contributed by atoms with E-state index in [9.17, 15) is 9.59 Å². The summed E-state index contributed by atoms with van der Waals surface area (Å²) in [5.41, 5.74) is 2.38. The number of carbonyl (C=O) groups excluding carboxylic acids is 2. The number of imide groups is 1. The summed E-state index contributed by atoms with van der Waals surface area (Å²) in [6.07, 6.45) is 0.994. The van der Waals surface area contributed by atoms with Crippen LogP contribution in [0, 0.1) is 0 Å². The second kappa shape index (κ2) is 6.36. The normalized spacial score (nSPS) is 15.5. The Morgan fingerprint density at radius 3 is 1.92 bits per heavy atom. The van der Waals surface area contributed by atoms with Gasteiger partial charge in [-0.15, -0.1) is 0 Å². The lowest BCUT2D eigenvalue weighted by Crippen LogP contribution is -2.53. The maximum Gasteiger partial charge on any atom is 0.261 e. The average molecular weight is 337 g/mol. The van der Waals surface area contributed by atoms with Crippen molar-refractivity contribution in [2.75, 3.05) is 0 Å². The second-order valence-corrected chi connectivity index (χ2v) is 12.5. The molecule has 24 heavy (non-hydrogen) atoms. The zero-order chi connectivity index (χ0) is 17.3. The second-order valence-electron chi connectivity index (χ2n) is 7.18.